The van der Waals surface area contributed by atoms with Crippen LogP contribution in [0.1, 0.15) is 44.4 Å². The fourth-order valence-corrected chi connectivity index (χ4v) is 2.92. The van der Waals surface area contributed by atoms with E-state index >= 15 is 0 Å². The highest BCUT2D eigenvalue weighted by Gasteiger charge is 2.24. The van der Waals surface area contributed by atoms with Crippen molar-refractivity contribution in [3.05, 3.63) is 35.8 Å². The lowest BCUT2D eigenvalue weighted by Gasteiger charge is -2.19. The molecule has 1 N–H and O–H groups in total. The summed E-state index contributed by atoms with van der Waals surface area (Å²) in [6.45, 7) is 3.93. The van der Waals surface area contributed by atoms with E-state index in [0.29, 0.717) is 6.10 Å². The molecule has 0 radical (unpaired) electrons. The van der Waals surface area contributed by atoms with Crippen LogP contribution in [0.5, 0.6) is 0 Å². The fraction of sp³-hybridized carbons (Fsp3) is 0.529. The Labute approximate surface area is 124 Å². The molecule has 0 amide bonds. The molecule has 1 aromatic heterocycles. The molecule has 1 aromatic carbocycles. The smallest absolute Gasteiger partial charge is 0.134 e. The van der Waals surface area contributed by atoms with Crippen molar-refractivity contribution in [2.45, 2.75) is 44.8 Å². The minimum absolute atomic E-state index is 0.128. The molecule has 2 heterocycles. The van der Waals surface area contributed by atoms with Gasteiger partial charge in [-0.1, -0.05) is 6.92 Å². The summed E-state index contributed by atoms with van der Waals surface area (Å²) in [7, 11) is 0. The van der Waals surface area contributed by atoms with E-state index in [4.69, 9.17) is 9.15 Å². The third-order valence-electron chi connectivity index (χ3n) is 4.00. The third kappa shape index (κ3) is 3.44. The second-order valence-corrected chi connectivity index (χ2v) is 5.71. The molecular weight excluding hydrogens is 269 g/mol. The highest BCUT2D eigenvalue weighted by molar-refractivity contribution is 5.78. The van der Waals surface area contributed by atoms with Crippen LogP contribution >= 0.6 is 0 Å². The van der Waals surface area contributed by atoms with Crippen molar-refractivity contribution in [3.63, 3.8) is 0 Å². The molecule has 2 unspecified atom stereocenters. The van der Waals surface area contributed by atoms with Gasteiger partial charge in [-0.25, -0.2) is 4.39 Å². The Morgan fingerprint density at radius 2 is 2.29 bits per heavy atom. The van der Waals surface area contributed by atoms with E-state index in [1.807, 2.05) is 6.07 Å². The van der Waals surface area contributed by atoms with Crippen molar-refractivity contribution in [3.8, 4) is 0 Å². The first kappa shape index (κ1) is 14.5. The minimum atomic E-state index is -0.230. The van der Waals surface area contributed by atoms with Gasteiger partial charge in [0.05, 0.1) is 12.1 Å². The third-order valence-corrected chi connectivity index (χ3v) is 4.00. The lowest BCUT2D eigenvalue weighted by atomic mass is 10.0. The highest BCUT2D eigenvalue weighted by atomic mass is 19.1. The maximum Gasteiger partial charge on any atom is 0.134 e. The van der Waals surface area contributed by atoms with Gasteiger partial charge in [0, 0.05) is 12.0 Å². The van der Waals surface area contributed by atoms with Gasteiger partial charge in [-0.05, 0) is 56.5 Å². The van der Waals surface area contributed by atoms with Gasteiger partial charge in [-0.15, -0.1) is 0 Å². The summed E-state index contributed by atoms with van der Waals surface area (Å²) in [5.74, 6) is 0.645. The molecule has 2 atom stereocenters. The van der Waals surface area contributed by atoms with Crippen LogP contribution in [0.2, 0.25) is 0 Å². The number of halogens is 1. The molecule has 1 saturated heterocycles. The first-order valence-electron chi connectivity index (χ1n) is 7.80. The number of benzene rings is 1. The van der Waals surface area contributed by atoms with E-state index in [1.165, 1.54) is 12.1 Å². The van der Waals surface area contributed by atoms with E-state index in [1.54, 1.807) is 6.07 Å². The normalized spacial score (nSPS) is 20.2. The zero-order valence-electron chi connectivity index (χ0n) is 12.4. The number of fused-ring (bicyclic) bond motifs is 1. The topological polar surface area (TPSA) is 34.4 Å². The van der Waals surface area contributed by atoms with Crippen LogP contribution in [-0.4, -0.2) is 19.3 Å². The van der Waals surface area contributed by atoms with Gasteiger partial charge in [0.2, 0.25) is 0 Å². The Morgan fingerprint density at radius 1 is 1.38 bits per heavy atom. The zero-order chi connectivity index (χ0) is 14.7. The molecule has 4 heteroatoms. The van der Waals surface area contributed by atoms with Crippen LogP contribution in [0, 0.1) is 5.82 Å². The fourth-order valence-electron chi connectivity index (χ4n) is 2.92. The molecule has 114 valence electrons. The van der Waals surface area contributed by atoms with Crippen molar-refractivity contribution in [2.24, 2.45) is 0 Å². The highest BCUT2D eigenvalue weighted by Crippen LogP contribution is 2.30. The van der Waals surface area contributed by atoms with Crippen LogP contribution in [0.3, 0.4) is 0 Å². The summed E-state index contributed by atoms with van der Waals surface area (Å²) in [6.07, 6.45) is 4.51. The largest absolute Gasteiger partial charge is 0.459 e. The van der Waals surface area contributed by atoms with Crippen LogP contribution in [0.25, 0.3) is 11.0 Å². The summed E-state index contributed by atoms with van der Waals surface area (Å²) in [4.78, 5) is 0. The molecule has 3 rings (SSSR count). The van der Waals surface area contributed by atoms with Gasteiger partial charge in [0.1, 0.15) is 17.2 Å². The first-order valence-corrected chi connectivity index (χ1v) is 7.80. The van der Waals surface area contributed by atoms with Crippen molar-refractivity contribution in [1.29, 1.82) is 0 Å². The van der Waals surface area contributed by atoms with Gasteiger partial charge in [0.25, 0.3) is 0 Å². The SMILES string of the molecule is CCCNC(CC1CCCO1)c1cc2cc(F)ccc2o1. The quantitative estimate of drug-likeness (QED) is 0.867. The van der Waals surface area contributed by atoms with Crippen molar-refractivity contribution >= 4 is 11.0 Å². The summed E-state index contributed by atoms with van der Waals surface area (Å²) >= 11 is 0. The zero-order valence-corrected chi connectivity index (χ0v) is 12.4. The second-order valence-electron chi connectivity index (χ2n) is 5.71. The van der Waals surface area contributed by atoms with E-state index in [2.05, 4.69) is 12.2 Å². The molecular formula is C17H22FNO2. The second kappa shape index (κ2) is 6.58. The van der Waals surface area contributed by atoms with Crippen LogP contribution in [-0.2, 0) is 4.74 Å². The van der Waals surface area contributed by atoms with E-state index in [9.17, 15) is 4.39 Å². The number of ether oxygens (including phenoxy) is 1. The number of nitrogens with one attached hydrogen (secondary N) is 1. The van der Waals surface area contributed by atoms with Gasteiger partial charge < -0.3 is 14.5 Å². The molecule has 1 aliphatic rings. The first-order chi connectivity index (χ1) is 10.3. The van der Waals surface area contributed by atoms with Gasteiger partial charge in [-0.3, -0.25) is 0 Å². The Hall–Kier alpha value is -1.39. The summed E-state index contributed by atoms with van der Waals surface area (Å²) in [5.41, 5.74) is 0.738. The average molecular weight is 291 g/mol. The molecule has 2 aromatic rings. The average Bonchev–Trinajstić information content (AvgIpc) is 3.11. The van der Waals surface area contributed by atoms with Crippen molar-refractivity contribution in [1.82, 2.24) is 5.32 Å². The Bertz CT molecular complexity index is 589. The molecule has 0 bridgehead atoms. The number of rotatable bonds is 6. The standard InChI is InChI=1S/C17H22FNO2/c1-2-7-19-15(11-14-4-3-8-20-14)17-10-12-9-13(18)5-6-16(12)21-17/h5-6,9-10,14-15,19H,2-4,7-8,11H2,1H3. The number of hydrogen-bond donors (Lipinski definition) is 1. The van der Waals surface area contributed by atoms with Crippen molar-refractivity contribution < 1.29 is 13.5 Å². The van der Waals surface area contributed by atoms with Crippen molar-refractivity contribution in [2.75, 3.05) is 13.2 Å². The monoisotopic (exact) mass is 291 g/mol. The molecule has 1 fully saturated rings. The summed E-state index contributed by atoms with van der Waals surface area (Å²) in [5, 5.41) is 4.34. The van der Waals surface area contributed by atoms with E-state index in [-0.39, 0.29) is 11.9 Å². The Morgan fingerprint density at radius 3 is 3.05 bits per heavy atom. The lowest BCUT2D eigenvalue weighted by Crippen LogP contribution is -2.25. The maximum atomic E-state index is 13.3. The Kier molecular flexibility index (Phi) is 4.56. The van der Waals surface area contributed by atoms with Gasteiger partial charge in [-0.2, -0.15) is 0 Å². The Balaban J connectivity index is 1.81. The van der Waals surface area contributed by atoms with E-state index in [0.717, 1.165) is 55.6 Å². The lowest BCUT2D eigenvalue weighted by molar-refractivity contribution is 0.0922. The summed E-state index contributed by atoms with van der Waals surface area (Å²) in [6, 6.07) is 6.72. The summed E-state index contributed by atoms with van der Waals surface area (Å²) < 4.78 is 24.9. The minimum Gasteiger partial charge on any atom is -0.459 e. The maximum absolute atomic E-state index is 13.3. The number of hydrogen-bond acceptors (Lipinski definition) is 3. The predicted molar refractivity (Wildman–Crippen MR) is 80.8 cm³/mol. The molecule has 1 aliphatic heterocycles. The van der Waals surface area contributed by atoms with Crippen LogP contribution in [0.15, 0.2) is 28.7 Å². The van der Waals surface area contributed by atoms with Gasteiger partial charge in [0.15, 0.2) is 0 Å². The van der Waals surface area contributed by atoms with Crippen LogP contribution in [0.4, 0.5) is 4.39 Å². The molecule has 0 aliphatic carbocycles. The van der Waals surface area contributed by atoms with Gasteiger partial charge >= 0.3 is 0 Å². The predicted octanol–water partition coefficient (Wildman–Crippen LogP) is 4.18. The number of furan rings is 1. The van der Waals surface area contributed by atoms with Crippen LogP contribution < -0.4 is 5.32 Å². The van der Waals surface area contributed by atoms with E-state index < -0.39 is 0 Å². The molecule has 21 heavy (non-hydrogen) atoms. The molecule has 3 nitrogen and oxygen atoms in total. The molecule has 0 saturated carbocycles. The molecule has 0 spiro atoms.